The molecule has 110 valence electrons. The molecule has 0 aliphatic heterocycles. The monoisotopic (exact) mass is 328 g/mol. The number of nitrogens with zero attached hydrogens (tertiary/aromatic N) is 2. The molecule has 1 amide bonds. The van der Waals surface area contributed by atoms with Gasteiger partial charge in [0.15, 0.2) is 0 Å². The Kier molecular flexibility index (Phi) is 4.77. The smallest absolute Gasteiger partial charge is 0.326 e. The highest BCUT2D eigenvalue weighted by Crippen LogP contribution is 2.19. The van der Waals surface area contributed by atoms with E-state index in [2.05, 4.69) is 20.3 Å². The van der Waals surface area contributed by atoms with Crippen LogP contribution < -0.4 is 5.32 Å². The molecule has 9 heteroatoms. The Morgan fingerprint density at radius 1 is 1.38 bits per heavy atom. The van der Waals surface area contributed by atoms with Gasteiger partial charge in [-0.05, 0) is 6.07 Å². The van der Waals surface area contributed by atoms with Gasteiger partial charge in [0.05, 0.1) is 16.9 Å². The van der Waals surface area contributed by atoms with E-state index < -0.39 is 17.9 Å². The molecule has 2 rings (SSSR count). The summed E-state index contributed by atoms with van der Waals surface area (Å²) in [7, 11) is 0. The second kappa shape index (κ2) is 6.55. The van der Waals surface area contributed by atoms with Crippen LogP contribution in [0.15, 0.2) is 24.8 Å². The van der Waals surface area contributed by atoms with Gasteiger partial charge in [0.2, 0.25) is 0 Å². The maximum Gasteiger partial charge on any atom is 0.326 e. The fourth-order valence-electron chi connectivity index (χ4n) is 1.60. The molecule has 0 fully saturated rings. The first-order chi connectivity index (χ1) is 9.97. The number of pyridine rings is 1. The molecule has 7 nitrogen and oxygen atoms in total. The van der Waals surface area contributed by atoms with Crippen molar-refractivity contribution in [2.45, 2.75) is 12.5 Å². The molecule has 0 aliphatic carbocycles. The minimum atomic E-state index is -1.16. The number of amides is 1. The average Bonchev–Trinajstić information content (AvgIpc) is 2.93. The van der Waals surface area contributed by atoms with Crippen molar-refractivity contribution in [2.75, 3.05) is 0 Å². The molecule has 2 aromatic rings. The number of imidazole rings is 1. The summed E-state index contributed by atoms with van der Waals surface area (Å²) in [5.74, 6) is -1.76. The second-order valence-electron chi connectivity index (χ2n) is 4.14. The average molecular weight is 329 g/mol. The van der Waals surface area contributed by atoms with E-state index in [1.54, 1.807) is 0 Å². The maximum absolute atomic E-state index is 12.0. The minimum absolute atomic E-state index is 0.0699. The van der Waals surface area contributed by atoms with E-state index >= 15 is 0 Å². The first-order valence-electron chi connectivity index (χ1n) is 5.79. The molecule has 3 N–H and O–H groups in total. The Morgan fingerprint density at radius 3 is 2.71 bits per heavy atom. The van der Waals surface area contributed by atoms with Gasteiger partial charge in [0.25, 0.3) is 5.91 Å². The van der Waals surface area contributed by atoms with Gasteiger partial charge in [-0.25, -0.2) is 14.8 Å². The first-order valence-corrected chi connectivity index (χ1v) is 6.55. The SMILES string of the molecule is O=C(N[C@H](Cc1cnc[nH]1)C(=O)O)c1cnc(Cl)c(Cl)c1. The molecule has 21 heavy (non-hydrogen) atoms. The van der Waals surface area contributed by atoms with Gasteiger partial charge in [0.1, 0.15) is 11.2 Å². The summed E-state index contributed by atoms with van der Waals surface area (Å²) in [6, 6.07) is 0.217. The molecular formula is C12H10Cl2N4O3. The predicted molar refractivity (Wildman–Crippen MR) is 75.4 cm³/mol. The number of aromatic nitrogens is 3. The molecule has 0 unspecified atom stereocenters. The normalized spacial score (nSPS) is 11.9. The summed E-state index contributed by atoms with van der Waals surface area (Å²) >= 11 is 11.4. The highest BCUT2D eigenvalue weighted by atomic mass is 35.5. The number of H-pyrrole nitrogens is 1. The number of carboxylic acid groups (broad SMARTS) is 1. The summed E-state index contributed by atoms with van der Waals surface area (Å²) in [6.07, 6.45) is 4.22. The van der Waals surface area contributed by atoms with Crippen molar-refractivity contribution in [1.82, 2.24) is 20.3 Å². The number of hydrogen-bond donors (Lipinski definition) is 3. The van der Waals surface area contributed by atoms with Gasteiger partial charge in [-0.2, -0.15) is 0 Å². The number of carbonyl (C=O) groups is 2. The van der Waals surface area contributed by atoms with Gasteiger partial charge in [0, 0.05) is 24.5 Å². The van der Waals surface area contributed by atoms with Crippen LogP contribution in [0.4, 0.5) is 0 Å². The van der Waals surface area contributed by atoms with Crippen LogP contribution in [0.2, 0.25) is 10.2 Å². The van der Waals surface area contributed by atoms with E-state index in [-0.39, 0.29) is 22.2 Å². The van der Waals surface area contributed by atoms with Gasteiger partial charge in [-0.3, -0.25) is 4.79 Å². The number of aliphatic carboxylic acids is 1. The lowest BCUT2D eigenvalue weighted by atomic mass is 10.1. The van der Waals surface area contributed by atoms with E-state index in [1.165, 1.54) is 24.8 Å². The summed E-state index contributed by atoms with van der Waals surface area (Å²) in [5.41, 5.74) is 0.718. The minimum Gasteiger partial charge on any atom is -0.480 e. The number of rotatable bonds is 5. The molecule has 0 spiro atoms. The van der Waals surface area contributed by atoms with E-state index in [4.69, 9.17) is 28.3 Å². The van der Waals surface area contributed by atoms with Crippen molar-refractivity contribution in [3.8, 4) is 0 Å². The number of aromatic amines is 1. The van der Waals surface area contributed by atoms with Crippen LogP contribution in [-0.4, -0.2) is 38.0 Å². The molecule has 2 aromatic heterocycles. The van der Waals surface area contributed by atoms with Gasteiger partial charge in [-0.15, -0.1) is 0 Å². The second-order valence-corrected chi connectivity index (χ2v) is 4.91. The topological polar surface area (TPSA) is 108 Å². The highest BCUT2D eigenvalue weighted by Gasteiger charge is 2.22. The van der Waals surface area contributed by atoms with Crippen molar-refractivity contribution in [3.63, 3.8) is 0 Å². The molecule has 1 atom stereocenters. The van der Waals surface area contributed by atoms with Gasteiger partial charge >= 0.3 is 5.97 Å². The van der Waals surface area contributed by atoms with Crippen LogP contribution in [0.25, 0.3) is 0 Å². The Balaban J connectivity index is 2.10. The molecule has 0 bridgehead atoms. The summed E-state index contributed by atoms with van der Waals surface area (Å²) in [5, 5.41) is 11.7. The van der Waals surface area contributed by atoms with Crippen LogP contribution >= 0.6 is 23.2 Å². The van der Waals surface area contributed by atoms with E-state index in [0.717, 1.165) is 0 Å². The zero-order valence-corrected chi connectivity index (χ0v) is 12.0. The molecule has 0 saturated carbocycles. The van der Waals surface area contributed by atoms with E-state index in [0.29, 0.717) is 5.69 Å². The largest absolute Gasteiger partial charge is 0.480 e. The van der Waals surface area contributed by atoms with Gasteiger partial charge in [-0.1, -0.05) is 23.2 Å². The highest BCUT2D eigenvalue weighted by molar-refractivity contribution is 6.41. The number of carbonyl (C=O) groups excluding carboxylic acids is 1. The lowest BCUT2D eigenvalue weighted by Gasteiger charge is -2.13. The first kappa shape index (κ1) is 15.3. The molecular weight excluding hydrogens is 319 g/mol. The van der Waals surface area contributed by atoms with Gasteiger partial charge < -0.3 is 15.4 Å². The van der Waals surface area contributed by atoms with E-state index in [9.17, 15) is 9.59 Å². The van der Waals surface area contributed by atoms with Crippen molar-refractivity contribution >= 4 is 35.1 Å². The lowest BCUT2D eigenvalue weighted by Crippen LogP contribution is -2.42. The quantitative estimate of drug-likeness (QED) is 0.721. The van der Waals surface area contributed by atoms with Crippen molar-refractivity contribution < 1.29 is 14.7 Å². The molecule has 0 saturated heterocycles. The Bertz CT molecular complexity index is 661. The fourth-order valence-corrected chi connectivity index (χ4v) is 1.87. The third kappa shape index (κ3) is 3.93. The Morgan fingerprint density at radius 2 is 2.14 bits per heavy atom. The zero-order valence-electron chi connectivity index (χ0n) is 10.5. The molecule has 0 aliphatic rings. The van der Waals surface area contributed by atoms with Crippen LogP contribution in [0.3, 0.4) is 0 Å². The summed E-state index contributed by atoms with van der Waals surface area (Å²) < 4.78 is 0. The molecule has 0 aromatic carbocycles. The van der Waals surface area contributed by atoms with Crippen LogP contribution in [0, 0.1) is 0 Å². The lowest BCUT2D eigenvalue weighted by molar-refractivity contribution is -0.139. The van der Waals surface area contributed by atoms with Crippen LogP contribution in [-0.2, 0) is 11.2 Å². The molecule has 2 heterocycles. The molecule has 0 radical (unpaired) electrons. The Labute approximate surface area is 129 Å². The number of halogens is 2. The third-order valence-electron chi connectivity index (χ3n) is 2.64. The van der Waals surface area contributed by atoms with Crippen molar-refractivity contribution in [2.24, 2.45) is 0 Å². The summed E-state index contributed by atoms with van der Waals surface area (Å²) in [6.45, 7) is 0. The van der Waals surface area contributed by atoms with Crippen LogP contribution in [0.5, 0.6) is 0 Å². The van der Waals surface area contributed by atoms with Crippen molar-refractivity contribution in [3.05, 3.63) is 46.2 Å². The maximum atomic E-state index is 12.0. The van der Waals surface area contributed by atoms with Crippen LogP contribution in [0.1, 0.15) is 16.1 Å². The standard InChI is InChI=1S/C12H10Cl2N4O3/c13-8-1-6(3-16-10(8)14)11(19)18-9(12(20)21)2-7-4-15-5-17-7/h1,3-5,9H,2H2,(H,15,17)(H,18,19)(H,20,21)/t9-/m1/s1. The Hall–Kier alpha value is -2.12. The zero-order chi connectivity index (χ0) is 15.4. The van der Waals surface area contributed by atoms with Crippen molar-refractivity contribution in [1.29, 1.82) is 0 Å². The number of nitrogens with one attached hydrogen (secondary N) is 2. The predicted octanol–water partition coefficient (Wildman–Crippen LogP) is 1.54. The van der Waals surface area contributed by atoms with E-state index in [1.807, 2.05) is 0 Å². The fraction of sp³-hybridized carbons (Fsp3) is 0.167. The number of carboxylic acids is 1. The summed E-state index contributed by atoms with van der Waals surface area (Å²) in [4.78, 5) is 33.5. The number of hydrogen-bond acceptors (Lipinski definition) is 4. The third-order valence-corrected chi connectivity index (χ3v) is 3.33.